The Morgan fingerprint density at radius 3 is 2.85 bits per heavy atom. The molecule has 1 N–H and O–H groups in total. The van der Waals surface area contributed by atoms with E-state index in [4.69, 9.17) is 23.2 Å². The summed E-state index contributed by atoms with van der Waals surface area (Å²) in [6.07, 6.45) is 1.78. The van der Waals surface area contributed by atoms with Crippen molar-refractivity contribution in [1.82, 2.24) is 4.98 Å². The number of thiophene rings is 1. The smallest absolute Gasteiger partial charge is 0.107 e. The summed E-state index contributed by atoms with van der Waals surface area (Å²) in [7, 11) is 0. The van der Waals surface area contributed by atoms with Gasteiger partial charge in [-0.25, -0.2) is 0 Å². The van der Waals surface area contributed by atoms with Crippen molar-refractivity contribution in [2.75, 3.05) is 5.32 Å². The summed E-state index contributed by atoms with van der Waals surface area (Å²) in [5.74, 6) is 0. The van der Waals surface area contributed by atoms with Crippen LogP contribution in [-0.2, 0) is 6.54 Å². The van der Waals surface area contributed by atoms with Crippen LogP contribution in [0.15, 0.2) is 41.0 Å². The zero-order valence-electron chi connectivity index (χ0n) is 10.2. The highest BCUT2D eigenvalue weighted by Crippen LogP contribution is 2.33. The molecule has 0 aliphatic heterocycles. The van der Waals surface area contributed by atoms with Crippen molar-refractivity contribution < 1.29 is 0 Å². The molecule has 102 valence electrons. The first-order valence-electron chi connectivity index (χ1n) is 5.85. The number of rotatable bonds is 3. The van der Waals surface area contributed by atoms with Crippen LogP contribution in [0.5, 0.6) is 0 Å². The number of halogens is 3. The molecule has 0 bridgehead atoms. The molecule has 2 nitrogen and oxygen atoms in total. The second-order valence-electron chi connectivity index (χ2n) is 4.22. The predicted octanol–water partition coefficient (Wildman–Crippen LogP) is 5.98. The number of hydrogen-bond donors (Lipinski definition) is 1. The maximum atomic E-state index is 6.14. The highest BCUT2D eigenvalue weighted by Gasteiger charge is 2.07. The summed E-state index contributed by atoms with van der Waals surface area (Å²) in [5.41, 5.74) is 1.84. The lowest BCUT2D eigenvalue weighted by atomic mass is 10.2. The zero-order valence-corrected chi connectivity index (χ0v) is 14.1. The lowest BCUT2D eigenvalue weighted by Crippen LogP contribution is -1.99. The van der Waals surface area contributed by atoms with E-state index in [1.165, 1.54) is 0 Å². The van der Waals surface area contributed by atoms with Gasteiger partial charge in [-0.15, -0.1) is 11.3 Å². The van der Waals surface area contributed by atoms with Gasteiger partial charge in [-0.3, -0.25) is 4.98 Å². The van der Waals surface area contributed by atoms with Gasteiger partial charge in [0, 0.05) is 32.5 Å². The molecule has 0 aliphatic rings. The Bertz CT molecular complexity index is 753. The molecule has 3 rings (SSSR count). The van der Waals surface area contributed by atoms with E-state index in [-0.39, 0.29) is 0 Å². The molecule has 0 radical (unpaired) electrons. The fraction of sp³-hybridized carbons (Fsp3) is 0.0714. The molecule has 2 heterocycles. The average Bonchev–Trinajstić information content (AvgIpc) is 2.75. The van der Waals surface area contributed by atoms with E-state index < -0.39 is 0 Å². The third kappa shape index (κ3) is 2.93. The first kappa shape index (κ1) is 14.1. The minimum absolute atomic E-state index is 0.683. The van der Waals surface area contributed by atoms with Crippen LogP contribution in [0.4, 0.5) is 5.69 Å². The summed E-state index contributed by atoms with van der Waals surface area (Å²) >= 11 is 17.1. The number of nitrogens with zero attached hydrogens (tertiary/aromatic N) is 1. The molecular weight excluding hydrogens is 379 g/mol. The van der Waals surface area contributed by atoms with Crippen LogP contribution in [0, 0.1) is 0 Å². The Hall–Kier alpha value is -0.810. The molecule has 0 fully saturated rings. The number of benzene rings is 1. The fourth-order valence-electron chi connectivity index (χ4n) is 1.95. The Kier molecular flexibility index (Phi) is 4.17. The van der Waals surface area contributed by atoms with Gasteiger partial charge in [-0.1, -0.05) is 29.3 Å². The monoisotopic (exact) mass is 386 g/mol. The van der Waals surface area contributed by atoms with Crippen LogP contribution in [0.1, 0.15) is 4.88 Å². The molecule has 1 aromatic carbocycles. The van der Waals surface area contributed by atoms with E-state index in [0.29, 0.717) is 11.6 Å². The van der Waals surface area contributed by atoms with Crippen molar-refractivity contribution >= 4 is 67.1 Å². The largest absolute Gasteiger partial charge is 0.378 e. The van der Waals surface area contributed by atoms with Crippen molar-refractivity contribution in [2.45, 2.75) is 6.54 Å². The first-order chi connectivity index (χ1) is 9.63. The molecule has 6 heteroatoms. The third-order valence-electron chi connectivity index (χ3n) is 2.82. The molecule has 0 aliphatic carbocycles. The highest BCUT2D eigenvalue weighted by atomic mass is 79.9. The fourth-order valence-corrected chi connectivity index (χ4v) is 3.91. The number of pyridine rings is 1. The lowest BCUT2D eigenvalue weighted by molar-refractivity contribution is 1.19. The number of anilines is 1. The van der Waals surface area contributed by atoms with E-state index in [1.54, 1.807) is 17.5 Å². The van der Waals surface area contributed by atoms with Crippen LogP contribution in [0.3, 0.4) is 0 Å². The lowest BCUT2D eigenvalue weighted by Gasteiger charge is -2.08. The molecule has 0 unspecified atom stereocenters. The Balaban J connectivity index is 1.90. The van der Waals surface area contributed by atoms with Crippen molar-refractivity contribution in [3.05, 3.63) is 55.2 Å². The second-order valence-corrected chi connectivity index (χ2v) is 7.25. The number of aromatic nitrogens is 1. The van der Waals surface area contributed by atoms with Crippen LogP contribution < -0.4 is 5.32 Å². The van der Waals surface area contributed by atoms with Gasteiger partial charge in [0.15, 0.2) is 0 Å². The summed E-state index contributed by atoms with van der Waals surface area (Å²) in [4.78, 5) is 5.55. The summed E-state index contributed by atoms with van der Waals surface area (Å²) in [6, 6.07) is 9.71. The number of hydrogen-bond acceptors (Lipinski definition) is 3. The van der Waals surface area contributed by atoms with E-state index in [1.807, 2.05) is 30.3 Å². The molecule has 0 saturated heterocycles. The normalized spacial score (nSPS) is 10.9. The standard InChI is InChI=1S/C14H9BrCl2N2S/c15-11-6-10(20-14(11)17)7-19-12-5-9(16)4-8-2-1-3-18-13(8)12/h1-6,19H,7H2. The highest BCUT2D eigenvalue weighted by molar-refractivity contribution is 9.10. The molecule has 20 heavy (non-hydrogen) atoms. The van der Waals surface area contributed by atoms with Gasteiger partial charge in [0.1, 0.15) is 4.34 Å². The average molecular weight is 388 g/mol. The summed E-state index contributed by atoms with van der Waals surface area (Å²) < 4.78 is 1.69. The van der Waals surface area contributed by atoms with Gasteiger partial charge in [0.25, 0.3) is 0 Å². The quantitative estimate of drug-likeness (QED) is 0.598. The van der Waals surface area contributed by atoms with E-state index in [9.17, 15) is 0 Å². The van der Waals surface area contributed by atoms with E-state index >= 15 is 0 Å². The molecule has 0 saturated carbocycles. The Labute approximate surface area is 138 Å². The Morgan fingerprint density at radius 1 is 1.25 bits per heavy atom. The number of fused-ring (bicyclic) bond motifs is 1. The Morgan fingerprint density at radius 2 is 2.10 bits per heavy atom. The van der Waals surface area contributed by atoms with Gasteiger partial charge < -0.3 is 5.32 Å². The molecule has 3 aromatic rings. The van der Waals surface area contributed by atoms with Gasteiger partial charge in [0.2, 0.25) is 0 Å². The third-order valence-corrected chi connectivity index (χ3v) is 5.51. The SMILES string of the molecule is Clc1cc(NCc2cc(Br)c(Cl)s2)c2ncccc2c1. The molecule has 0 atom stereocenters. The van der Waals surface area contributed by atoms with Crippen molar-refractivity contribution in [3.8, 4) is 0 Å². The second kappa shape index (κ2) is 5.90. The van der Waals surface area contributed by atoms with Gasteiger partial charge >= 0.3 is 0 Å². The first-order valence-corrected chi connectivity index (χ1v) is 8.22. The van der Waals surface area contributed by atoms with Crippen LogP contribution in [-0.4, -0.2) is 4.98 Å². The summed E-state index contributed by atoms with van der Waals surface area (Å²) in [6.45, 7) is 0.683. The van der Waals surface area contributed by atoms with Gasteiger partial charge in [-0.2, -0.15) is 0 Å². The minimum Gasteiger partial charge on any atom is -0.378 e. The van der Waals surface area contributed by atoms with Crippen LogP contribution in [0.25, 0.3) is 10.9 Å². The molecular formula is C14H9BrCl2N2S. The maximum absolute atomic E-state index is 6.14. The molecule has 2 aromatic heterocycles. The number of nitrogens with one attached hydrogen (secondary N) is 1. The summed E-state index contributed by atoms with van der Waals surface area (Å²) in [5, 5.41) is 5.08. The topological polar surface area (TPSA) is 24.9 Å². The van der Waals surface area contributed by atoms with Crippen molar-refractivity contribution in [2.24, 2.45) is 0 Å². The van der Waals surface area contributed by atoms with Crippen molar-refractivity contribution in [3.63, 3.8) is 0 Å². The maximum Gasteiger partial charge on any atom is 0.107 e. The van der Waals surface area contributed by atoms with Crippen molar-refractivity contribution in [1.29, 1.82) is 0 Å². The predicted molar refractivity (Wildman–Crippen MR) is 91.1 cm³/mol. The molecule has 0 amide bonds. The van der Waals surface area contributed by atoms with Gasteiger partial charge in [-0.05, 0) is 40.2 Å². The van der Waals surface area contributed by atoms with Crippen LogP contribution in [0.2, 0.25) is 9.36 Å². The zero-order chi connectivity index (χ0) is 14.1. The van der Waals surface area contributed by atoms with Gasteiger partial charge in [0.05, 0.1) is 11.2 Å². The van der Waals surface area contributed by atoms with E-state index in [2.05, 4.69) is 26.2 Å². The van der Waals surface area contributed by atoms with Crippen LogP contribution >= 0.6 is 50.5 Å². The van der Waals surface area contributed by atoms with E-state index in [0.717, 1.165) is 30.3 Å². The minimum atomic E-state index is 0.683. The molecule has 0 spiro atoms.